The van der Waals surface area contributed by atoms with Crippen molar-refractivity contribution >= 4 is 33.2 Å². The van der Waals surface area contributed by atoms with Crippen LogP contribution in [-0.4, -0.2) is 35.3 Å². The van der Waals surface area contributed by atoms with Gasteiger partial charge in [-0.05, 0) is 17.7 Å². The van der Waals surface area contributed by atoms with Crippen LogP contribution in [-0.2, 0) is 23.1 Å². The summed E-state index contributed by atoms with van der Waals surface area (Å²) in [5.41, 5.74) is 0.250. The van der Waals surface area contributed by atoms with Gasteiger partial charge in [0.15, 0.2) is 0 Å². The fourth-order valence-corrected chi connectivity index (χ4v) is 3.62. The van der Waals surface area contributed by atoms with E-state index < -0.39 is 16.6 Å². The number of hydrogen-bond donors (Lipinski definition) is 3. The quantitative estimate of drug-likeness (QED) is 0.723. The number of benzene rings is 1. The lowest BCUT2D eigenvalue weighted by Crippen LogP contribution is -2.26. The van der Waals surface area contributed by atoms with E-state index in [-0.39, 0.29) is 27.0 Å². The van der Waals surface area contributed by atoms with E-state index in [9.17, 15) is 8.42 Å². The summed E-state index contributed by atoms with van der Waals surface area (Å²) < 4.78 is 26.8. The number of sulfonamides is 1. The summed E-state index contributed by atoms with van der Waals surface area (Å²) in [5.74, 6) is 0.561. The summed E-state index contributed by atoms with van der Waals surface area (Å²) in [7, 11) is -3.84. The molecule has 0 radical (unpaired) electrons. The highest BCUT2D eigenvalue weighted by molar-refractivity contribution is 7.89. The summed E-state index contributed by atoms with van der Waals surface area (Å²) in [6.45, 7) is -0.283. The molecule has 0 aliphatic carbocycles. The maximum atomic E-state index is 12.2. The maximum Gasteiger partial charge on any atom is 0.242 e. The molecule has 0 amide bonds. The van der Waals surface area contributed by atoms with E-state index in [0.29, 0.717) is 12.2 Å². The summed E-state index contributed by atoms with van der Waals surface area (Å²) >= 11 is 11.8. The van der Waals surface area contributed by atoms with Crippen molar-refractivity contribution in [2.75, 3.05) is 6.54 Å². The monoisotopic (exact) mass is 350 g/mol. The first-order valence-electron chi connectivity index (χ1n) is 5.86. The molecule has 1 aromatic heterocycles. The third-order valence-corrected chi connectivity index (χ3v) is 4.92. The van der Waals surface area contributed by atoms with Gasteiger partial charge in [0, 0.05) is 18.0 Å². The number of halogens is 2. The predicted molar refractivity (Wildman–Crippen MR) is 77.7 cm³/mol. The van der Waals surface area contributed by atoms with E-state index >= 15 is 0 Å². The first-order chi connectivity index (χ1) is 9.94. The van der Waals surface area contributed by atoms with Crippen molar-refractivity contribution in [2.45, 2.75) is 17.9 Å². The zero-order valence-corrected chi connectivity index (χ0v) is 13.0. The number of H-pyrrole nitrogens is 1. The topological polar surface area (TPSA) is 108 Å². The molecule has 0 bridgehead atoms. The number of aromatic amines is 1. The minimum Gasteiger partial charge on any atom is -0.392 e. The molecule has 0 fully saturated rings. The van der Waals surface area contributed by atoms with Gasteiger partial charge < -0.3 is 5.11 Å². The Morgan fingerprint density at radius 2 is 2.10 bits per heavy atom. The number of nitrogens with one attached hydrogen (secondary N) is 2. The van der Waals surface area contributed by atoms with Crippen LogP contribution in [0, 0.1) is 0 Å². The van der Waals surface area contributed by atoms with Gasteiger partial charge in [0.1, 0.15) is 17.0 Å². The van der Waals surface area contributed by atoms with Gasteiger partial charge in [0.25, 0.3) is 0 Å². The van der Waals surface area contributed by atoms with Crippen molar-refractivity contribution in [1.82, 2.24) is 19.9 Å². The fourth-order valence-electron chi connectivity index (χ4n) is 1.66. The van der Waals surface area contributed by atoms with Crippen molar-refractivity contribution in [2.24, 2.45) is 0 Å². The van der Waals surface area contributed by atoms with Crippen molar-refractivity contribution in [3.8, 4) is 0 Å². The highest BCUT2D eigenvalue weighted by Crippen LogP contribution is 2.29. The number of aliphatic hydroxyl groups is 1. The number of aromatic nitrogens is 3. The van der Waals surface area contributed by atoms with Crippen LogP contribution in [0.25, 0.3) is 0 Å². The molecule has 7 nitrogen and oxygen atoms in total. The molecule has 114 valence electrons. The van der Waals surface area contributed by atoms with Crippen LogP contribution in [0.4, 0.5) is 0 Å². The molecule has 0 atom stereocenters. The van der Waals surface area contributed by atoms with E-state index in [1.54, 1.807) is 0 Å². The number of nitrogens with zero attached hydrogens (tertiary/aromatic N) is 2. The van der Waals surface area contributed by atoms with Crippen LogP contribution >= 0.6 is 23.2 Å². The maximum absolute atomic E-state index is 12.2. The molecule has 10 heteroatoms. The van der Waals surface area contributed by atoms with Crippen molar-refractivity contribution < 1.29 is 13.5 Å². The number of hydrogen-bond acceptors (Lipinski definition) is 5. The van der Waals surface area contributed by atoms with Crippen LogP contribution < -0.4 is 4.72 Å². The molecule has 0 saturated heterocycles. The van der Waals surface area contributed by atoms with Crippen LogP contribution in [0.5, 0.6) is 0 Å². The van der Waals surface area contributed by atoms with Gasteiger partial charge in [-0.2, -0.15) is 5.10 Å². The molecule has 2 rings (SSSR count). The van der Waals surface area contributed by atoms with Crippen LogP contribution in [0.1, 0.15) is 11.4 Å². The molecule has 21 heavy (non-hydrogen) atoms. The average Bonchev–Trinajstić information content (AvgIpc) is 2.93. The molecule has 3 N–H and O–H groups in total. The van der Waals surface area contributed by atoms with Crippen LogP contribution in [0.2, 0.25) is 10.0 Å². The van der Waals surface area contributed by atoms with E-state index in [2.05, 4.69) is 19.9 Å². The second-order valence-corrected chi connectivity index (χ2v) is 6.66. The molecule has 2 aromatic rings. The number of rotatable bonds is 6. The average molecular weight is 351 g/mol. The fraction of sp³-hybridized carbons (Fsp3) is 0.273. The van der Waals surface area contributed by atoms with E-state index in [1.807, 2.05) is 0 Å². The van der Waals surface area contributed by atoms with Crippen LogP contribution in [0.15, 0.2) is 23.4 Å². The largest absolute Gasteiger partial charge is 0.392 e. The third kappa shape index (κ3) is 3.92. The van der Waals surface area contributed by atoms with Gasteiger partial charge in [-0.25, -0.2) is 18.1 Å². The standard InChI is InChI=1S/C11H12Cl2N4O3S/c12-8-3-7(5-18)11(13)9(4-8)21(19,20)16-2-1-10-14-6-15-17-10/h3-4,6,16,18H,1-2,5H2,(H,14,15,17). The molecule has 1 heterocycles. The van der Waals surface area contributed by atoms with Gasteiger partial charge in [0.05, 0.1) is 11.6 Å². The SMILES string of the molecule is O=S(=O)(NCCc1ncn[nH]1)c1cc(Cl)cc(CO)c1Cl. The van der Waals surface area contributed by atoms with E-state index in [4.69, 9.17) is 28.3 Å². The highest BCUT2D eigenvalue weighted by Gasteiger charge is 2.20. The first-order valence-corrected chi connectivity index (χ1v) is 8.10. The molecular formula is C11H12Cl2N4O3S. The van der Waals surface area contributed by atoms with Gasteiger partial charge in [-0.15, -0.1) is 0 Å². The predicted octanol–water partition coefficient (Wildman–Crippen LogP) is 1.12. The number of aliphatic hydroxyl groups excluding tert-OH is 1. The van der Waals surface area contributed by atoms with Crippen molar-refractivity contribution in [3.63, 3.8) is 0 Å². The summed E-state index contributed by atoms with van der Waals surface area (Å²) in [5, 5.41) is 15.6. The van der Waals surface area contributed by atoms with E-state index in [1.165, 1.54) is 18.5 Å². The lowest BCUT2D eigenvalue weighted by atomic mass is 10.2. The summed E-state index contributed by atoms with van der Waals surface area (Å²) in [4.78, 5) is 3.72. The lowest BCUT2D eigenvalue weighted by molar-refractivity contribution is 0.281. The minimum absolute atomic E-state index is 0.0472. The van der Waals surface area contributed by atoms with Gasteiger partial charge in [-0.1, -0.05) is 23.2 Å². The Bertz CT molecular complexity index is 719. The first kappa shape index (κ1) is 16.2. The zero-order valence-electron chi connectivity index (χ0n) is 10.7. The highest BCUT2D eigenvalue weighted by atomic mass is 35.5. The Balaban J connectivity index is 2.17. The molecule has 1 aromatic carbocycles. The summed E-state index contributed by atoms with van der Waals surface area (Å²) in [6.07, 6.45) is 1.69. The third-order valence-electron chi connectivity index (χ3n) is 2.66. The molecule has 0 aliphatic heterocycles. The second kappa shape index (κ2) is 6.71. The van der Waals surface area contributed by atoms with E-state index in [0.717, 1.165) is 0 Å². The van der Waals surface area contributed by atoms with Gasteiger partial charge >= 0.3 is 0 Å². The zero-order chi connectivity index (χ0) is 15.5. The molecular weight excluding hydrogens is 339 g/mol. The van der Waals surface area contributed by atoms with Crippen molar-refractivity contribution in [3.05, 3.63) is 39.9 Å². The molecule has 0 spiro atoms. The lowest BCUT2D eigenvalue weighted by Gasteiger charge is -2.11. The molecule has 0 unspecified atom stereocenters. The Morgan fingerprint density at radius 1 is 1.33 bits per heavy atom. The smallest absolute Gasteiger partial charge is 0.242 e. The van der Waals surface area contributed by atoms with Crippen LogP contribution in [0.3, 0.4) is 0 Å². The van der Waals surface area contributed by atoms with Crippen molar-refractivity contribution in [1.29, 1.82) is 0 Å². The van der Waals surface area contributed by atoms with Gasteiger partial charge in [0.2, 0.25) is 10.0 Å². The Hall–Kier alpha value is -1.19. The summed E-state index contributed by atoms with van der Waals surface area (Å²) in [6, 6.07) is 2.65. The molecule has 0 aliphatic rings. The minimum atomic E-state index is -3.84. The Morgan fingerprint density at radius 3 is 2.71 bits per heavy atom. The Labute approximate surface area is 131 Å². The Kier molecular flexibility index (Phi) is 5.17. The normalized spacial score (nSPS) is 11.8. The second-order valence-electron chi connectivity index (χ2n) is 4.12. The molecule has 0 saturated carbocycles. The van der Waals surface area contributed by atoms with Gasteiger partial charge in [-0.3, -0.25) is 5.10 Å².